The zero-order valence-corrected chi connectivity index (χ0v) is 11.2. The quantitative estimate of drug-likeness (QED) is 0.714. The SMILES string of the molecule is CC.CC(C)c1nc(-c2ccccc2)cs1. The second kappa shape index (κ2) is 6.44. The Labute approximate surface area is 102 Å². The van der Waals surface area contributed by atoms with Crippen molar-refractivity contribution in [2.45, 2.75) is 33.6 Å². The van der Waals surface area contributed by atoms with Crippen LogP contribution in [0.4, 0.5) is 0 Å². The van der Waals surface area contributed by atoms with Gasteiger partial charge in [0.1, 0.15) is 0 Å². The van der Waals surface area contributed by atoms with Gasteiger partial charge in [0.2, 0.25) is 0 Å². The second-order valence-corrected chi connectivity index (χ2v) is 4.48. The molecule has 1 nitrogen and oxygen atoms in total. The van der Waals surface area contributed by atoms with Gasteiger partial charge in [-0.3, -0.25) is 0 Å². The lowest BCUT2D eigenvalue weighted by molar-refractivity contribution is 0.853. The summed E-state index contributed by atoms with van der Waals surface area (Å²) in [4.78, 5) is 4.60. The molecule has 0 spiro atoms. The minimum atomic E-state index is 0.525. The van der Waals surface area contributed by atoms with Gasteiger partial charge in [0, 0.05) is 16.9 Å². The number of rotatable bonds is 2. The normalized spacial score (nSPS) is 9.81. The van der Waals surface area contributed by atoms with Crippen LogP contribution in [0.3, 0.4) is 0 Å². The molecule has 2 aromatic rings. The molecule has 0 fully saturated rings. The average Bonchev–Trinajstić information content (AvgIpc) is 2.82. The van der Waals surface area contributed by atoms with E-state index in [0.29, 0.717) is 5.92 Å². The van der Waals surface area contributed by atoms with Gasteiger partial charge in [-0.05, 0) is 0 Å². The highest BCUT2D eigenvalue weighted by Crippen LogP contribution is 2.25. The second-order valence-electron chi connectivity index (χ2n) is 3.59. The van der Waals surface area contributed by atoms with Crippen molar-refractivity contribution in [3.63, 3.8) is 0 Å². The molecule has 1 aromatic heterocycles. The molecule has 0 aliphatic rings. The summed E-state index contributed by atoms with van der Waals surface area (Å²) in [7, 11) is 0. The Hall–Kier alpha value is -1.15. The van der Waals surface area contributed by atoms with Crippen molar-refractivity contribution in [1.29, 1.82) is 0 Å². The van der Waals surface area contributed by atoms with E-state index in [0.717, 1.165) is 5.69 Å². The molecular weight excluding hydrogens is 214 g/mol. The van der Waals surface area contributed by atoms with E-state index >= 15 is 0 Å². The lowest BCUT2D eigenvalue weighted by atomic mass is 10.2. The first-order valence-corrected chi connectivity index (χ1v) is 6.66. The molecule has 0 saturated heterocycles. The molecule has 16 heavy (non-hydrogen) atoms. The number of aromatic nitrogens is 1. The van der Waals surface area contributed by atoms with Gasteiger partial charge in [-0.15, -0.1) is 11.3 Å². The zero-order valence-electron chi connectivity index (χ0n) is 10.4. The number of hydrogen-bond donors (Lipinski definition) is 0. The fourth-order valence-corrected chi connectivity index (χ4v) is 2.14. The summed E-state index contributed by atoms with van der Waals surface area (Å²) in [5.74, 6) is 0.525. The molecule has 0 N–H and O–H groups in total. The molecule has 0 unspecified atom stereocenters. The van der Waals surface area contributed by atoms with Gasteiger partial charge in [-0.1, -0.05) is 58.0 Å². The predicted octanol–water partition coefficient (Wildman–Crippen LogP) is 4.96. The third-order valence-corrected chi connectivity index (χ3v) is 3.23. The maximum absolute atomic E-state index is 4.60. The Kier molecular flexibility index (Phi) is 5.20. The molecule has 0 amide bonds. The van der Waals surface area contributed by atoms with Crippen LogP contribution >= 0.6 is 11.3 Å². The third-order valence-electron chi connectivity index (χ3n) is 2.09. The van der Waals surface area contributed by atoms with Crippen LogP contribution in [0.2, 0.25) is 0 Å². The monoisotopic (exact) mass is 233 g/mol. The Morgan fingerprint density at radius 2 is 1.69 bits per heavy atom. The van der Waals surface area contributed by atoms with Gasteiger partial charge in [-0.25, -0.2) is 4.98 Å². The van der Waals surface area contributed by atoms with E-state index in [1.54, 1.807) is 11.3 Å². The Morgan fingerprint density at radius 1 is 1.06 bits per heavy atom. The van der Waals surface area contributed by atoms with Crippen LogP contribution in [0.5, 0.6) is 0 Å². The molecule has 0 aliphatic carbocycles. The summed E-state index contributed by atoms with van der Waals surface area (Å²) in [6, 6.07) is 10.3. The van der Waals surface area contributed by atoms with Gasteiger partial charge in [-0.2, -0.15) is 0 Å². The largest absolute Gasteiger partial charge is 0.241 e. The van der Waals surface area contributed by atoms with Gasteiger partial charge in [0.05, 0.1) is 10.7 Å². The Bertz CT molecular complexity index is 404. The first-order valence-electron chi connectivity index (χ1n) is 5.78. The van der Waals surface area contributed by atoms with Gasteiger partial charge in [0.25, 0.3) is 0 Å². The van der Waals surface area contributed by atoms with E-state index in [1.165, 1.54) is 10.6 Å². The van der Waals surface area contributed by atoms with Gasteiger partial charge < -0.3 is 0 Å². The molecular formula is C14H19NS. The van der Waals surface area contributed by atoms with Crippen LogP contribution in [0, 0.1) is 0 Å². The molecule has 1 aromatic carbocycles. The minimum absolute atomic E-state index is 0.525. The van der Waals surface area contributed by atoms with E-state index in [1.807, 2.05) is 32.0 Å². The first kappa shape index (κ1) is 12.9. The number of nitrogens with zero attached hydrogens (tertiary/aromatic N) is 1. The minimum Gasteiger partial charge on any atom is -0.241 e. The summed E-state index contributed by atoms with van der Waals surface area (Å²) in [6.45, 7) is 8.35. The predicted molar refractivity (Wildman–Crippen MR) is 73.0 cm³/mol. The average molecular weight is 233 g/mol. The smallest absolute Gasteiger partial charge is 0.0958 e. The van der Waals surface area contributed by atoms with Crippen molar-refractivity contribution in [3.8, 4) is 11.3 Å². The summed E-state index contributed by atoms with van der Waals surface area (Å²) in [5, 5.41) is 3.34. The molecule has 0 radical (unpaired) electrons. The van der Waals surface area contributed by atoms with Crippen LogP contribution in [-0.4, -0.2) is 4.98 Å². The maximum atomic E-state index is 4.60. The number of hydrogen-bond acceptors (Lipinski definition) is 2. The number of benzene rings is 1. The summed E-state index contributed by atoms with van der Waals surface area (Å²) in [5.41, 5.74) is 2.30. The van der Waals surface area contributed by atoms with Gasteiger partial charge >= 0.3 is 0 Å². The van der Waals surface area contributed by atoms with Crippen molar-refractivity contribution < 1.29 is 0 Å². The lowest BCUT2D eigenvalue weighted by Gasteiger charge is -1.97. The molecule has 2 heteroatoms. The van der Waals surface area contributed by atoms with Crippen molar-refractivity contribution in [3.05, 3.63) is 40.7 Å². The van der Waals surface area contributed by atoms with E-state index < -0.39 is 0 Å². The van der Waals surface area contributed by atoms with Crippen molar-refractivity contribution in [2.24, 2.45) is 0 Å². The van der Waals surface area contributed by atoms with Gasteiger partial charge in [0.15, 0.2) is 0 Å². The first-order chi connectivity index (χ1) is 7.77. The van der Waals surface area contributed by atoms with E-state index in [2.05, 4.69) is 36.3 Å². The molecule has 0 aliphatic heterocycles. The fraction of sp³-hybridized carbons (Fsp3) is 0.357. The maximum Gasteiger partial charge on any atom is 0.0958 e. The van der Waals surface area contributed by atoms with Crippen molar-refractivity contribution in [1.82, 2.24) is 4.98 Å². The molecule has 2 rings (SSSR count). The standard InChI is InChI=1S/C12H13NS.C2H6/c1-9(2)12-13-11(8-14-12)10-6-4-3-5-7-10;1-2/h3-9H,1-2H3;1-2H3. The summed E-state index contributed by atoms with van der Waals surface area (Å²) >= 11 is 1.74. The Balaban J connectivity index is 0.000000606. The van der Waals surface area contributed by atoms with E-state index in [9.17, 15) is 0 Å². The Morgan fingerprint density at radius 3 is 2.19 bits per heavy atom. The zero-order chi connectivity index (χ0) is 12.0. The van der Waals surface area contributed by atoms with Crippen LogP contribution in [-0.2, 0) is 0 Å². The van der Waals surface area contributed by atoms with Crippen molar-refractivity contribution >= 4 is 11.3 Å². The van der Waals surface area contributed by atoms with Crippen LogP contribution in [0.25, 0.3) is 11.3 Å². The molecule has 0 atom stereocenters. The summed E-state index contributed by atoms with van der Waals surface area (Å²) < 4.78 is 0. The molecule has 86 valence electrons. The third kappa shape index (κ3) is 3.17. The lowest BCUT2D eigenvalue weighted by Crippen LogP contribution is -1.85. The topological polar surface area (TPSA) is 12.9 Å². The van der Waals surface area contributed by atoms with Crippen molar-refractivity contribution in [2.75, 3.05) is 0 Å². The molecule has 1 heterocycles. The van der Waals surface area contributed by atoms with Crippen LogP contribution in [0.1, 0.15) is 38.6 Å². The highest BCUT2D eigenvalue weighted by atomic mass is 32.1. The number of thiazole rings is 1. The molecule has 0 bridgehead atoms. The fourth-order valence-electron chi connectivity index (χ4n) is 1.29. The summed E-state index contributed by atoms with van der Waals surface area (Å²) in [6.07, 6.45) is 0. The highest BCUT2D eigenvalue weighted by Gasteiger charge is 2.06. The van der Waals surface area contributed by atoms with Crippen LogP contribution in [0.15, 0.2) is 35.7 Å². The van der Waals surface area contributed by atoms with E-state index in [4.69, 9.17) is 0 Å². The highest BCUT2D eigenvalue weighted by molar-refractivity contribution is 7.10. The van der Waals surface area contributed by atoms with Crippen LogP contribution < -0.4 is 0 Å². The van der Waals surface area contributed by atoms with E-state index in [-0.39, 0.29) is 0 Å². The molecule has 0 saturated carbocycles.